The van der Waals surface area contributed by atoms with Crippen molar-refractivity contribution in [1.29, 1.82) is 0 Å². The highest BCUT2D eigenvalue weighted by atomic mass is 19.4. The first-order chi connectivity index (χ1) is 13.2. The predicted octanol–water partition coefficient (Wildman–Crippen LogP) is 3.16. The topological polar surface area (TPSA) is 67.2 Å². The second kappa shape index (κ2) is 7.65. The van der Waals surface area contributed by atoms with Crippen LogP contribution < -0.4 is 5.32 Å². The highest BCUT2D eigenvalue weighted by Gasteiger charge is 2.35. The summed E-state index contributed by atoms with van der Waals surface area (Å²) in [6.45, 7) is 3.17. The number of alkyl halides is 3. The number of hydrogen-bond donors (Lipinski definition) is 1. The predicted molar refractivity (Wildman–Crippen MR) is 96.9 cm³/mol. The summed E-state index contributed by atoms with van der Waals surface area (Å²) >= 11 is 0. The molecule has 1 aromatic heterocycles. The normalized spacial score (nSPS) is 14.4. The molecule has 1 fully saturated rings. The first-order valence-corrected chi connectivity index (χ1v) is 8.95. The van der Waals surface area contributed by atoms with Gasteiger partial charge in [0.2, 0.25) is 5.91 Å². The fraction of sp³-hybridized carbons (Fsp3) is 0.421. The molecule has 1 saturated heterocycles. The number of rotatable bonds is 4. The third-order valence-electron chi connectivity index (χ3n) is 4.79. The number of aromatic nitrogens is 2. The minimum Gasteiger partial charge on any atom is -0.339 e. The Morgan fingerprint density at radius 2 is 1.89 bits per heavy atom. The number of carbonyl (C=O) groups excluding carboxylic acids is 2. The minimum absolute atomic E-state index is 0.0225. The van der Waals surface area contributed by atoms with Gasteiger partial charge in [-0.1, -0.05) is 6.07 Å². The molecule has 0 unspecified atom stereocenters. The van der Waals surface area contributed by atoms with E-state index in [2.05, 4.69) is 10.4 Å². The first kappa shape index (κ1) is 19.9. The van der Waals surface area contributed by atoms with Crippen molar-refractivity contribution in [1.82, 2.24) is 14.7 Å². The Kier molecular flexibility index (Phi) is 5.44. The quantitative estimate of drug-likeness (QED) is 0.866. The Morgan fingerprint density at radius 3 is 2.50 bits per heavy atom. The van der Waals surface area contributed by atoms with Gasteiger partial charge in [0, 0.05) is 31.4 Å². The monoisotopic (exact) mass is 394 g/mol. The average Bonchev–Trinajstić information content (AvgIpc) is 3.25. The van der Waals surface area contributed by atoms with E-state index in [1.807, 2.05) is 0 Å². The summed E-state index contributed by atoms with van der Waals surface area (Å²) in [4.78, 5) is 26.7. The van der Waals surface area contributed by atoms with Crippen molar-refractivity contribution in [3.05, 3.63) is 46.8 Å². The number of carbonyl (C=O) groups is 2. The first-order valence-electron chi connectivity index (χ1n) is 8.95. The lowest BCUT2D eigenvalue weighted by molar-refractivity contribution is -0.143. The summed E-state index contributed by atoms with van der Waals surface area (Å²) in [5.74, 6) is -0.577. The van der Waals surface area contributed by atoms with Gasteiger partial charge in [0.1, 0.15) is 5.69 Å². The molecule has 2 heterocycles. The van der Waals surface area contributed by atoms with E-state index in [4.69, 9.17) is 0 Å². The molecular formula is C19H21F3N4O2. The van der Waals surface area contributed by atoms with Gasteiger partial charge in [-0.3, -0.25) is 14.3 Å². The number of aryl methyl sites for hydroxylation is 1. The van der Waals surface area contributed by atoms with Gasteiger partial charge in [-0.25, -0.2) is 0 Å². The lowest BCUT2D eigenvalue weighted by Crippen LogP contribution is -2.28. The Bertz CT molecular complexity index is 899. The van der Waals surface area contributed by atoms with Crippen LogP contribution in [0.3, 0.4) is 0 Å². The lowest BCUT2D eigenvalue weighted by atomic mass is 10.1. The number of halogens is 3. The third kappa shape index (κ3) is 4.18. The Hall–Kier alpha value is -2.84. The highest BCUT2D eigenvalue weighted by Crippen LogP contribution is 2.29. The average molecular weight is 394 g/mol. The molecule has 9 heteroatoms. The van der Waals surface area contributed by atoms with Crippen LogP contribution in [0, 0.1) is 6.92 Å². The van der Waals surface area contributed by atoms with Crippen molar-refractivity contribution < 1.29 is 22.8 Å². The summed E-state index contributed by atoms with van der Waals surface area (Å²) in [5.41, 5.74) is 0.711. The maximum Gasteiger partial charge on any atom is 0.433 e. The number of nitrogens with zero attached hydrogens (tertiary/aromatic N) is 3. The zero-order chi connectivity index (χ0) is 20.5. The van der Waals surface area contributed by atoms with Gasteiger partial charge in [-0.05, 0) is 43.5 Å². The number of amides is 2. The molecule has 1 aromatic carbocycles. The van der Waals surface area contributed by atoms with Gasteiger partial charge >= 0.3 is 6.18 Å². The SMILES string of the molecule is Cc1c(NC(=O)Cc2cc(C(F)(F)F)n(C)n2)cccc1C(=O)N1CCCC1. The Morgan fingerprint density at radius 1 is 1.21 bits per heavy atom. The molecule has 28 heavy (non-hydrogen) atoms. The smallest absolute Gasteiger partial charge is 0.339 e. The molecule has 2 amide bonds. The van der Waals surface area contributed by atoms with E-state index < -0.39 is 17.8 Å². The van der Waals surface area contributed by atoms with Crippen LogP contribution in [-0.2, 0) is 24.4 Å². The minimum atomic E-state index is -4.53. The molecule has 0 saturated carbocycles. The molecule has 150 valence electrons. The van der Waals surface area contributed by atoms with Crippen LogP contribution in [0.5, 0.6) is 0 Å². The van der Waals surface area contributed by atoms with Crippen molar-refractivity contribution >= 4 is 17.5 Å². The molecular weight excluding hydrogens is 373 g/mol. The van der Waals surface area contributed by atoms with Crippen LogP contribution in [0.1, 0.15) is 40.2 Å². The summed E-state index contributed by atoms with van der Waals surface area (Å²) in [6.07, 6.45) is -2.87. The molecule has 6 nitrogen and oxygen atoms in total. The van der Waals surface area contributed by atoms with E-state index in [0.29, 0.717) is 21.5 Å². The Labute approximate surface area is 160 Å². The summed E-state index contributed by atoms with van der Waals surface area (Å²) in [7, 11) is 1.18. The number of nitrogens with one attached hydrogen (secondary N) is 1. The molecule has 1 N–H and O–H groups in total. The number of hydrogen-bond acceptors (Lipinski definition) is 3. The zero-order valence-electron chi connectivity index (χ0n) is 15.6. The van der Waals surface area contributed by atoms with Crippen LogP contribution in [0.2, 0.25) is 0 Å². The summed E-state index contributed by atoms with van der Waals surface area (Å²) in [5, 5.41) is 6.43. The van der Waals surface area contributed by atoms with E-state index in [0.717, 1.165) is 32.0 Å². The van der Waals surface area contributed by atoms with Gasteiger partial charge in [-0.15, -0.1) is 0 Å². The van der Waals surface area contributed by atoms with Crippen LogP contribution in [-0.4, -0.2) is 39.6 Å². The van der Waals surface area contributed by atoms with Gasteiger partial charge in [0.25, 0.3) is 5.91 Å². The fourth-order valence-corrected chi connectivity index (χ4v) is 3.33. The van der Waals surface area contributed by atoms with Crippen LogP contribution in [0.4, 0.5) is 18.9 Å². The van der Waals surface area contributed by atoms with Gasteiger partial charge < -0.3 is 10.2 Å². The van der Waals surface area contributed by atoms with Crippen molar-refractivity contribution in [3.63, 3.8) is 0 Å². The number of benzene rings is 1. The molecule has 0 atom stereocenters. The van der Waals surface area contributed by atoms with E-state index in [1.54, 1.807) is 30.0 Å². The van der Waals surface area contributed by atoms with Crippen LogP contribution in [0.15, 0.2) is 24.3 Å². The summed E-state index contributed by atoms with van der Waals surface area (Å²) in [6, 6.07) is 5.90. The molecule has 0 bridgehead atoms. The molecule has 2 aromatic rings. The van der Waals surface area contributed by atoms with E-state index in [9.17, 15) is 22.8 Å². The van der Waals surface area contributed by atoms with Crippen LogP contribution >= 0.6 is 0 Å². The Balaban J connectivity index is 1.72. The molecule has 1 aliphatic heterocycles. The second-order valence-electron chi connectivity index (χ2n) is 6.84. The van der Waals surface area contributed by atoms with E-state index >= 15 is 0 Å². The molecule has 0 spiro atoms. The maximum atomic E-state index is 12.9. The fourth-order valence-electron chi connectivity index (χ4n) is 3.33. The molecule has 1 aliphatic rings. The molecule has 0 aliphatic carbocycles. The highest BCUT2D eigenvalue weighted by molar-refractivity contribution is 5.99. The second-order valence-corrected chi connectivity index (χ2v) is 6.84. The zero-order valence-corrected chi connectivity index (χ0v) is 15.6. The van der Waals surface area contributed by atoms with Crippen molar-refractivity contribution in [2.75, 3.05) is 18.4 Å². The third-order valence-corrected chi connectivity index (χ3v) is 4.79. The number of likely N-dealkylation sites (tertiary alicyclic amines) is 1. The van der Waals surface area contributed by atoms with Crippen LogP contribution in [0.25, 0.3) is 0 Å². The maximum absolute atomic E-state index is 12.9. The van der Waals surface area contributed by atoms with Crippen molar-refractivity contribution in [2.24, 2.45) is 7.05 Å². The summed E-state index contributed by atoms with van der Waals surface area (Å²) < 4.78 is 39.3. The lowest BCUT2D eigenvalue weighted by Gasteiger charge is -2.18. The van der Waals surface area contributed by atoms with Crippen molar-refractivity contribution in [2.45, 2.75) is 32.4 Å². The number of anilines is 1. The largest absolute Gasteiger partial charge is 0.433 e. The van der Waals surface area contributed by atoms with E-state index in [1.165, 1.54) is 7.05 Å². The van der Waals surface area contributed by atoms with Gasteiger partial charge in [-0.2, -0.15) is 18.3 Å². The van der Waals surface area contributed by atoms with Gasteiger partial charge in [0.15, 0.2) is 0 Å². The van der Waals surface area contributed by atoms with Gasteiger partial charge in [0.05, 0.1) is 12.1 Å². The molecule has 3 rings (SSSR count). The molecule has 0 radical (unpaired) electrons. The van der Waals surface area contributed by atoms with E-state index in [-0.39, 0.29) is 18.0 Å². The van der Waals surface area contributed by atoms with Crippen molar-refractivity contribution in [3.8, 4) is 0 Å². The standard InChI is InChI=1S/C19H21F3N4O2/c1-12-14(18(28)26-8-3-4-9-26)6-5-7-15(12)23-17(27)11-13-10-16(19(20,21)22)25(2)24-13/h5-7,10H,3-4,8-9,11H2,1-2H3,(H,23,27).